The summed E-state index contributed by atoms with van der Waals surface area (Å²) < 4.78 is 8.35. The van der Waals surface area contributed by atoms with Gasteiger partial charge in [-0.15, -0.1) is 11.3 Å². The van der Waals surface area contributed by atoms with Crippen LogP contribution in [0.4, 0.5) is 5.82 Å². The summed E-state index contributed by atoms with van der Waals surface area (Å²) >= 11 is 1.62. The molecule has 1 amide bonds. The summed E-state index contributed by atoms with van der Waals surface area (Å²) in [6, 6.07) is 6.28. The van der Waals surface area contributed by atoms with Gasteiger partial charge in [-0.05, 0) is 37.1 Å². The van der Waals surface area contributed by atoms with E-state index in [0.717, 1.165) is 42.9 Å². The van der Waals surface area contributed by atoms with Gasteiger partial charge in [-0.1, -0.05) is 6.07 Å². The number of carbonyl (C=O) groups excluding carboxylic acids is 1. The molecule has 0 spiro atoms. The first-order valence-electron chi connectivity index (χ1n) is 9.12. The van der Waals surface area contributed by atoms with E-state index in [4.69, 9.17) is 10.5 Å². The van der Waals surface area contributed by atoms with Crippen LogP contribution in [0.5, 0.6) is 5.75 Å². The number of likely N-dealkylation sites (N-methyl/N-ethyl adjacent to an activating group) is 1. The molecule has 0 unspecified atom stereocenters. The Morgan fingerprint density at radius 3 is 2.93 bits per heavy atom. The van der Waals surface area contributed by atoms with Crippen LogP contribution in [0.15, 0.2) is 30.7 Å². The predicted molar refractivity (Wildman–Crippen MR) is 115 cm³/mol. The number of rotatable bonds is 6. The Morgan fingerprint density at radius 1 is 1.34 bits per heavy atom. The number of hydrogen-bond donors (Lipinski definition) is 3. The number of anilines is 1. The molecule has 0 aliphatic rings. The van der Waals surface area contributed by atoms with Crippen LogP contribution in [0, 0.1) is 6.92 Å². The summed E-state index contributed by atoms with van der Waals surface area (Å²) in [6.45, 7) is 2.66. The van der Waals surface area contributed by atoms with Gasteiger partial charge < -0.3 is 21.1 Å². The summed E-state index contributed by atoms with van der Waals surface area (Å²) in [5.74, 6) is 1.15. The molecule has 3 aromatic heterocycles. The van der Waals surface area contributed by atoms with Gasteiger partial charge in [-0.3, -0.25) is 4.79 Å². The molecular weight excluding hydrogens is 388 g/mol. The third-order valence-electron chi connectivity index (χ3n) is 4.69. The highest BCUT2D eigenvalue weighted by atomic mass is 32.1. The van der Waals surface area contributed by atoms with Gasteiger partial charge in [0.25, 0.3) is 0 Å². The van der Waals surface area contributed by atoms with Gasteiger partial charge in [0.1, 0.15) is 17.6 Å². The molecule has 0 fully saturated rings. The third-order valence-corrected chi connectivity index (χ3v) is 5.87. The molecule has 3 heterocycles. The Balaban J connectivity index is 1.88. The summed E-state index contributed by atoms with van der Waals surface area (Å²) in [7, 11) is 3.41. The van der Waals surface area contributed by atoms with E-state index >= 15 is 0 Å². The zero-order valence-electron chi connectivity index (χ0n) is 16.4. The fourth-order valence-corrected chi connectivity index (χ4v) is 4.66. The summed E-state index contributed by atoms with van der Waals surface area (Å²) in [4.78, 5) is 17.1. The molecule has 4 N–H and O–H groups in total. The topological polar surface area (TPSA) is 107 Å². The van der Waals surface area contributed by atoms with Crippen molar-refractivity contribution in [3.8, 4) is 16.2 Å². The van der Waals surface area contributed by atoms with E-state index in [0.29, 0.717) is 12.4 Å². The average Bonchev–Trinajstić information content (AvgIpc) is 3.27. The van der Waals surface area contributed by atoms with Crippen LogP contribution < -0.4 is 21.1 Å². The second-order valence-electron chi connectivity index (χ2n) is 6.77. The number of nitrogens with one attached hydrogen (secondary N) is 2. The molecule has 0 bridgehead atoms. The lowest BCUT2D eigenvalue weighted by molar-refractivity contribution is -0.120. The molecule has 0 radical (unpaired) electrons. The van der Waals surface area contributed by atoms with Crippen LogP contribution in [-0.4, -0.2) is 41.2 Å². The van der Waals surface area contributed by atoms with Gasteiger partial charge in [-0.25, -0.2) is 9.50 Å². The summed E-state index contributed by atoms with van der Waals surface area (Å²) in [6.07, 6.45) is 3.31. The van der Waals surface area contributed by atoms with Crippen molar-refractivity contribution in [1.29, 1.82) is 0 Å². The minimum Gasteiger partial charge on any atom is -0.495 e. The number of methoxy groups -OCH3 is 1. The highest BCUT2D eigenvalue weighted by molar-refractivity contribution is 7.22. The second kappa shape index (κ2) is 7.69. The van der Waals surface area contributed by atoms with E-state index in [1.807, 2.05) is 19.2 Å². The van der Waals surface area contributed by atoms with E-state index in [-0.39, 0.29) is 12.5 Å². The second-order valence-corrected chi connectivity index (χ2v) is 7.82. The maximum atomic E-state index is 12.0. The number of fused-ring (bicyclic) bond motifs is 2. The maximum Gasteiger partial charge on any atom is 0.234 e. The normalized spacial score (nSPS) is 11.3. The van der Waals surface area contributed by atoms with Crippen LogP contribution in [0.2, 0.25) is 0 Å². The average molecular weight is 411 g/mol. The lowest BCUT2D eigenvalue weighted by Gasteiger charge is -2.06. The molecule has 29 heavy (non-hydrogen) atoms. The van der Waals surface area contributed by atoms with Gasteiger partial charge in [0.2, 0.25) is 5.91 Å². The van der Waals surface area contributed by atoms with Gasteiger partial charge in [0, 0.05) is 28.7 Å². The number of ether oxygens (including phenoxy) is 1. The minimum atomic E-state index is -0.0820. The Labute approximate surface area is 171 Å². The van der Waals surface area contributed by atoms with Crippen molar-refractivity contribution >= 4 is 38.7 Å². The van der Waals surface area contributed by atoms with Crippen molar-refractivity contribution in [1.82, 2.24) is 25.2 Å². The van der Waals surface area contributed by atoms with Crippen molar-refractivity contribution < 1.29 is 9.53 Å². The summed E-state index contributed by atoms with van der Waals surface area (Å²) in [5, 5.41) is 11.2. The minimum absolute atomic E-state index is 0.0820. The highest BCUT2D eigenvalue weighted by Gasteiger charge is 2.20. The van der Waals surface area contributed by atoms with Crippen LogP contribution >= 0.6 is 11.3 Å². The quantitative estimate of drug-likeness (QED) is 0.450. The Kier molecular flexibility index (Phi) is 5.08. The number of carbonyl (C=O) groups is 1. The first-order valence-corrected chi connectivity index (χ1v) is 9.94. The third kappa shape index (κ3) is 3.50. The SMILES string of the molecule is CNCC(=O)NCc1cn2ncnc(N)c2c1-c1cc2cc(C)cc(OC)c2s1. The van der Waals surface area contributed by atoms with Crippen molar-refractivity contribution in [2.75, 3.05) is 26.4 Å². The summed E-state index contributed by atoms with van der Waals surface area (Å²) in [5.41, 5.74) is 9.90. The molecule has 0 aliphatic carbocycles. The fourth-order valence-electron chi connectivity index (χ4n) is 3.45. The van der Waals surface area contributed by atoms with Crippen molar-refractivity contribution in [2.24, 2.45) is 0 Å². The van der Waals surface area contributed by atoms with Gasteiger partial charge >= 0.3 is 0 Å². The van der Waals surface area contributed by atoms with E-state index in [1.54, 1.807) is 30.0 Å². The smallest absolute Gasteiger partial charge is 0.234 e. The molecule has 0 saturated heterocycles. The first-order chi connectivity index (χ1) is 14.0. The van der Waals surface area contributed by atoms with Crippen LogP contribution in [0.1, 0.15) is 11.1 Å². The van der Waals surface area contributed by atoms with Gasteiger partial charge in [0.05, 0.1) is 18.4 Å². The Bertz CT molecular complexity index is 1210. The standard InChI is InChI=1S/C20H22N6O2S/c1-11-4-12-6-15(29-19(12)14(5-11)28-3)17-13(7-23-16(27)8-22-2)9-26-18(17)20(21)24-10-25-26/h4-6,9-10,22H,7-8H2,1-3H3,(H,23,27)(H2,21,24,25). The molecular formula is C20H22N6O2S. The number of nitrogens with zero attached hydrogens (tertiary/aromatic N) is 3. The molecule has 9 heteroatoms. The molecule has 8 nitrogen and oxygen atoms in total. The molecule has 0 atom stereocenters. The van der Waals surface area contributed by atoms with Crippen molar-refractivity contribution in [3.05, 3.63) is 41.9 Å². The number of hydrogen-bond acceptors (Lipinski definition) is 7. The number of aromatic nitrogens is 3. The molecule has 4 aromatic rings. The molecule has 1 aromatic carbocycles. The molecule has 0 aliphatic heterocycles. The molecule has 150 valence electrons. The van der Waals surface area contributed by atoms with E-state index in [9.17, 15) is 4.79 Å². The number of benzene rings is 1. The highest BCUT2D eigenvalue weighted by Crippen LogP contribution is 2.43. The maximum absolute atomic E-state index is 12.0. The largest absolute Gasteiger partial charge is 0.495 e. The van der Waals surface area contributed by atoms with Crippen molar-refractivity contribution in [3.63, 3.8) is 0 Å². The van der Waals surface area contributed by atoms with E-state index in [1.165, 1.54) is 6.33 Å². The Morgan fingerprint density at radius 2 is 2.17 bits per heavy atom. The van der Waals surface area contributed by atoms with Crippen molar-refractivity contribution in [2.45, 2.75) is 13.5 Å². The molecule has 0 saturated carbocycles. The number of nitrogens with two attached hydrogens (primary N) is 1. The van der Waals surface area contributed by atoms with E-state index in [2.05, 4.69) is 32.8 Å². The lowest BCUT2D eigenvalue weighted by atomic mass is 10.1. The fraction of sp³-hybridized carbons (Fsp3) is 0.250. The number of amides is 1. The Hall–Kier alpha value is -3.17. The van der Waals surface area contributed by atoms with Gasteiger partial charge in [0.15, 0.2) is 5.82 Å². The zero-order chi connectivity index (χ0) is 20.5. The number of nitrogen functional groups attached to an aromatic ring is 1. The zero-order valence-corrected chi connectivity index (χ0v) is 17.3. The number of thiophene rings is 1. The monoisotopic (exact) mass is 410 g/mol. The number of aryl methyl sites for hydroxylation is 1. The predicted octanol–water partition coefficient (Wildman–Crippen LogP) is 2.35. The molecule has 4 rings (SSSR count). The first kappa shape index (κ1) is 19.2. The van der Waals surface area contributed by atoms with Crippen LogP contribution in [0.25, 0.3) is 26.0 Å². The van der Waals surface area contributed by atoms with Crippen LogP contribution in [0.3, 0.4) is 0 Å². The van der Waals surface area contributed by atoms with Gasteiger partial charge in [-0.2, -0.15) is 5.10 Å². The van der Waals surface area contributed by atoms with E-state index < -0.39 is 0 Å². The van der Waals surface area contributed by atoms with Crippen LogP contribution in [-0.2, 0) is 11.3 Å². The lowest BCUT2D eigenvalue weighted by Crippen LogP contribution is -2.31.